The third-order valence-corrected chi connectivity index (χ3v) is 2.78. The Labute approximate surface area is 99.2 Å². The van der Waals surface area contributed by atoms with E-state index in [1.54, 1.807) is 17.0 Å². The molecule has 1 heterocycles. The van der Waals surface area contributed by atoms with Gasteiger partial charge in [-0.25, -0.2) is 0 Å². The Morgan fingerprint density at radius 3 is 2.88 bits per heavy atom. The van der Waals surface area contributed by atoms with Crippen LogP contribution in [0.2, 0.25) is 0 Å². The molecule has 0 radical (unpaired) electrons. The first kappa shape index (κ1) is 11.6. The number of carbonyl (C=O) groups is 2. The minimum atomic E-state index is -0.481. The molecule has 0 aliphatic carbocycles. The molecule has 2 amide bonds. The van der Waals surface area contributed by atoms with Crippen LogP contribution < -0.4 is 10.6 Å². The van der Waals surface area contributed by atoms with Crippen molar-refractivity contribution in [2.45, 2.75) is 6.92 Å². The van der Waals surface area contributed by atoms with E-state index in [0.29, 0.717) is 24.4 Å². The number of ether oxygens (including phenoxy) is 1. The van der Waals surface area contributed by atoms with Crippen LogP contribution in [-0.4, -0.2) is 31.6 Å². The second-order valence-electron chi connectivity index (χ2n) is 3.96. The lowest BCUT2D eigenvalue weighted by Gasteiger charge is -2.27. The predicted molar refractivity (Wildman–Crippen MR) is 62.9 cm³/mol. The number of hydrogen-bond donors (Lipinski definition) is 1. The Morgan fingerprint density at radius 2 is 2.24 bits per heavy atom. The highest BCUT2D eigenvalue weighted by Crippen LogP contribution is 2.20. The normalized spacial score (nSPS) is 16.1. The molecule has 0 bridgehead atoms. The van der Waals surface area contributed by atoms with Crippen LogP contribution in [0.5, 0.6) is 0 Å². The molecule has 0 saturated carbocycles. The molecule has 2 N–H and O–H groups in total. The minimum absolute atomic E-state index is 0.0831. The summed E-state index contributed by atoms with van der Waals surface area (Å²) in [6.07, 6.45) is 0. The fourth-order valence-corrected chi connectivity index (χ4v) is 1.83. The Morgan fingerprint density at radius 1 is 1.47 bits per heavy atom. The number of anilines is 1. The molecule has 1 saturated heterocycles. The summed E-state index contributed by atoms with van der Waals surface area (Å²) in [5.41, 5.74) is 7.23. The molecule has 1 aromatic carbocycles. The number of hydrogen-bond acceptors (Lipinski definition) is 3. The van der Waals surface area contributed by atoms with E-state index >= 15 is 0 Å². The number of benzene rings is 1. The van der Waals surface area contributed by atoms with Gasteiger partial charge in [-0.05, 0) is 24.6 Å². The number of amides is 2. The quantitative estimate of drug-likeness (QED) is 0.807. The van der Waals surface area contributed by atoms with Gasteiger partial charge in [-0.2, -0.15) is 0 Å². The van der Waals surface area contributed by atoms with Crippen LogP contribution in [0.3, 0.4) is 0 Å². The van der Waals surface area contributed by atoms with Gasteiger partial charge >= 0.3 is 0 Å². The van der Waals surface area contributed by atoms with Crippen molar-refractivity contribution in [3.05, 3.63) is 29.3 Å². The maximum atomic E-state index is 11.6. The topological polar surface area (TPSA) is 72.6 Å². The molecule has 17 heavy (non-hydrogen) atoms. The highest BCUT2D eigenvalue weighted by Gasteiger charge is 2.21. The fraction of sp³-hybridized carbons (Fsp3) is 0.333. The van der Waals surface area contributed by atoms with Crippen molar-refractivity contribution >= 4 is 17.5 Å². The zero-order valence-electron chi connectivity index (χ0n) is 9.60. The number of nitrogens with two attached hydrogens (primary N) is 1. The van der Waals surface area contributed by atoms with Gasteiger partial charge in [-0.1, -0.05) is 6.07 Å². The van der Waals surface area contributed by atoms with Crippen molar-refractivity contribution < 1.29 is 14.3 Å². The number of aryl methyl sites for hydroxylation is 1. The van der Waals surface area contributed by atoms with E-state index in [4.69, 9.17) is 10.5 Å². The summed E-state index contributed by atoms with van der Waals surface area (Å²) in [7, 11) is 0. The van der Waals surface area contributed by atoms with Gasteiger partial charge < -0.3 is 15.4 Å². The van der Waals surface area contributed by atoms with Crippen LogP contribution in [0.15, 0.2) is 18.2 Å². The van der Waals surface area contributed by atoms with Crippen molar-refractivity contribution in [3.8, 4) is 0 Å². The third-order valence-electron chi connectivity index (χ3n) is 2.78. The van der Waals surface area contributed by atoms with Gasteiger partial charge in [0, 0.05) is 17.8 Å². The molecule has 1 aliphatic heterocycles. The Kier molecular flexibility index (Phi) is 3.10. The van der Waals surface area contributed by atoms with Gasteiger partial charge in [-0.15, -0.1) is 0 Å². The number of morpholine rings is 1. The minimum Gasteiger partial charge on any atom is -0.370 e. The maximum absolute atomic E-state index is 11.6. The van der Waals surface area contributed by atoms with E-state index < -0.39 is 5.91 Å². The summed E-state index contributed by atoms with van der Waals surface area (Å²) >= 11 is 0. The molecular weight excluding hydrogens is 220 g/mol. The highest BCUT2D eigenvalue weighted by molar-refractivity contribution is 5.99. The Balaban J connectivity index is 2.35. The molecule has 1 aromatic rings. The molecule has 1 fully saturated rings. The second-order valence-corrected chi connectivity index (χ2v) is 3.96. The molecule has 2 rings (SSSR count). The van der Waals surface area contributed by atoms with Gasteiger partial charge in [0.15, 0.2) is 0 Å². The van der Waals surface area contributed by atoms with Gasteiger partial charge in [0.25, 0.3) is 5.91 Å². The maximum Gasteiger partial charge on any atom is 0.253 e. The van der Waals surface area contributed by atoms with Crippen LogP contribution in [0.25, 0.3) is 0 Å². The molecule has 1 aliphatic rings. The van der Waals surface area contributed by atoms with Gasteiger partial charge in [0.2, 0.25) is 5.91 Å². The lowest BCUT2D eigenvalue weighted by atomic mass is 10.1. The zero-order valence-corrected chi connectivity index (χ0v) is 9.60. The first-order chi connectivity index (χ1) is 8.09. The average Bonchev–Trinajstić information content (AvgIpc) is 2.30. The van der Waals surface area contributed by atoms with Gasteiger partial charge in [-0.3, -0.25) is 9.59 Å². The van der Waals surface area contributed by atoms with Crippen LogP contribution >= 0.6 is 0 Å². The monoisotopic (exact) mass is 234 g/mol. The lowest BCUT2D eigenvalue weighted by molar-refractivity contribution is -0.125. The Bertz CT molecular complexity index is 471. The highest BCUT2D eigenvalue weighted by atomic mass is 16.5. The lowest BCUT2D eigenvalue weighted by Crippen LogP contribution is -2.41. The molecule has 5 nitrogen and oxygen atoms in total. The third kappa shape index (κ3) is 2.29. The van der Waals surface area contributed by atoms with Crippen LogP contribution in [0, 0.1) is 6.92 Å². The van der Waals surface area contributed by atoms with E-state index in [9.17, 15) is 9.59 Å². The smallest absolute Gasteiger partial charge is 0.253 e. The molecule has 0 aromatic heterocycles. The van der Waals surface area contributed by atoms with E-state index in [1.807, 2.05) is 13.0 Å². The predicted octanol–water partition coefficient (Wildman–Crippen LogP) is 0.457. The summed E-state index contributed by atoms with van der Waals surface area (Å²) in [5, 5.41) is 0. The van der Waals surface area contributed by atoms with E-state index in [-0.39, 0.29) is 12.5 Å². The molecule has 0 unspecified atom stereocenters. The summed E-state index contributed by atoms with van der Waals surface area (Å²) in [4.78, 5) is 24.5. The summed E-state index contributed by atoms with van der Waals surface area (Å²) in [6.45, 7) is 2.90. The second kappa shape index (κ2) is 4.55. The summed E-state index contributed by atoms with van der Waals surface area (Å²) < 4.78 is 5.05. The molecule has 0 atom stereocenters. The van der Waals surface area contributed by atoms with Gasteiger partial charge in [0.1, 0.15) is 6.61 Å². The fourth-order valence-electron chi connectivity index (χ4n) is 1.83. The molecule has 0 spiro atoms. The van der Waals surface area contributed by atoms with Crippen molar-refractivity contribution in [2.24, 2.45) is 5.73 Å². The average molecular weight is 234 g/mol. The van der Waals surface area contributed by atoms with Crippen LogP contribution in [0.1, 0.15) is 15.9 Å². The molecule has 5 heteroatoms. The molecular formula is C12H14N2O3. The van der Waals surface area contributed by atoms with Crippen LogP contribution in [-0.2, 0) is 9.53 Å². The van der Waals surface area contributed by atoms with Gasteiger partial charge in [0.05, 0.1) is 6.61 Å². The zero-order chi connectivity index (χ0) is 12.4. The SMILES string of the molecule is Cc1ccc(N2CCOCC2=O)cc1C(N)=O. The number of carbonyl (C=O) groups excluding carboxylic acids is 2. The van der Waals surface area contributed by atoms with Crippen LogP contribution in [0.4, 0.5) is 5.69 Å². The first-order valence-corrected chi connectivity index (χ1v) is 5.38. The number of nitrogens with zero attached hydrogens (tertiary/aromatic N) is 1. The number of primary amides is 1. The van der Waals surface area contributed by atoms with Crippen molar-refractivity contribution in [1.82, 2.24) is 0 Å². The first-order valence-electron chi connectivity index (χ1n) is 5.38. The van der Waals surface area contributed by atoms with E-state index in [0.717, 1.165) is 5.56 Å². The standard InChI is InChI=1S/C12H14N2O3/c1-8-2-3-9(6-10(8)12(13)16)14-4-5-17-7-11(14)15/h2-3,6H,4-5,7H2,1H3,(H2,13,16). The van der Waals surface area contributed by atoms with E-state index in [2.05, 4.69) is 0 Å². The largest absolute Gasteiger partial charge is 0.370 e. The van der Waals surface area contributed by atoms with Crippen molar-refractivity contribution in [3.63, 3.8) is 0 Å². The van der Waals surface area contributed by atoms with E-state index in [1.165, 1.54) is 0 Å². The molecule has 90 valence electrons. The van der Waals surface area contributed by atoms with Crippen molar-refractivity contribution in [2.75, 3.05) is 24.7 Å². The summed E-state index contributed by atoms with van der Waals surface area (Å²) in [5.74, 6) is -0.583. The van der Waals surface area contributed by atoms with Crippen molar-refractivity contribution in [1.29, 1.82) is 0 Å². The Hall–Kier alpha value is -1.88. The number of rotatable bonds is 2. The summed E-state index contributed by atoms with van der Waals surface area (Å²) in [6, 6.07) is 5.25.